The maximum atomic E-state index is 12.4. The number of rotatable bonds is 10. The van der Waals surface area contributed by atoms with E-state index >= 15 is 0 Å². The quantitative estimate of drug-likeness (QED) is 0.287. The average molecular weight is 376 g/mol. The minimum Gasteiger partial charge on any atom is -0.368 e. The van der Waals surface area contributed by atoms with E-state index in [2.05, 4.69) is 0 Å². The highest BCUT2D eigenvalue weighted by Crippen LogP contribution is 2.35. The topological polar surface area (TPSA) is 179 Å². The van der Waals surface area contributed by atoms with E-state index in [9.17, 15) is 27.6 Å². The molecular weight excluding hydrogens is 352 g/mol. The first-order chi connectivity index (χ1) is 11.6. The van der Waals surface area contributed by atoms with Gasteiger partial charge in [0, 0.05) is 0 Å². The van der Waals surface area contributed by atoms with Gasteiger partial charge in [-0.2, -0.15) is 0 Å². The number of imide groups is 2. The molecule has 1 unspecified atom stereocenters. The summed E-state index contributed by atoms with van der Waals surface area (Å²) in [5.41, 5.74) is 2.76. The first-order valence-electron chi connectivity index (χ1n) is 8.05. The summed E-state index contributed by atoms with van der Waals surface area (Å²) in [6, 6.07) is -1.09. The minimum atomic E-state index is -4.66. The van der Waals surface area contributed by atoms with Gasteiger partial charge in [-0.1, -0.05) is 45.4 Å². The number of urea groups is 1. The summed E-state index contributed by atoms with van der Waals surface area (Å²) in [5.74, 6) is -3.80. The zero-order chi connectivity index (χ0) is 19.3. The van der Waals surface area contributed by atoms with Gasteiger partial charge >= 0.3 is 6.03 Å². The van der Waals surface area contributed by atoms with Crippen molar-refractivity contribution >= 4 is 33.8 Å². The maximum absolute atomic E-state index is 12.4. The van der Waals surface area contributed by atoms with Crippen LogP contribution in [0.2, 0.25) is 0 Å². The lowest BCUT2D eigenvalue weighted by Crippen LogP contribution is -2.70. The summed E-state index contributed by atoms with van der Waals surface area (Å²) in [6.45, 7) is 2.05. The second-order valence-corrected chi connectivity index (χ2v) is 7.75. The lowest BCUT2D eigenvalue weighted by atomic mass is 9.75. The maximum Gasteiger partial charge on any atom is 0.328 e. The first-order valence-corrected chi connectivity index (χ1v) is 9.66. The van der Waals surface area contributed by atoms with Crippen LogP contribution in [0.3, 0.4) is 0 Å². The molecule has 0 bridgehead atoms. The highest BCUT2D eigenvalue weighted by molar-refractivity contribution is 7.90. The highest BCUT2D eigenvalue weighted by atomic mass is 32.2. The van der Waals surface area contributed by atoms with Gasteiger partial charge in [-0.25, -0.2) is 18.4 Å². The number of hydrogen-bond acceptors (Lipinski definition) is 6. The van der Waals surface area contributed by atoms with E-state index < -0.39 is 44.4 Å². The van der Waals surface area contributed by atoms with Gasteiger partial charge in [0.05, 0.1) is 0 Å². The molecule has 11 heteroatoms. The smallest absolute Gasteiger partial charge is 0.328 e. The number of amides is 5. The molecular formula is C14H24N4O6S. The number of carbonyl (C=O) groups excluding carboxylic acids is 4. The van der Waals surface area contributed by atoms with Crippen molar-refractivity contribution in [2.45, 2.75) is 57.1 Å². The van der Waals surface area contributed by atoms with Crippen LogP contribution >= 0.6 is 0 Å². The Morgan fingerprint density at radius 2 is 1.52 bits per heavy atom. The lowest BCUT2D eigenvalue weighted by Gasteiger charge is -2.37. The standard InChI is InChI=1S/C14H24N4O6S/c1-2-3-4-5-6-7-8-14(9(10(15)19)25(16,23)24)11(20)17-13(22)18-12(14)21/h9H,2-8H2,1H3,(H2,15,19)(H2,16,23,24)(H2,17,18,20,21,22). The van der Waals surface area contributed by atoms with Crippen molar-refractivity contribution in [3.63, 3.8) is 0 Å². The van der Waals surface area contributed by atoms with Crippen LogP contribution in [-0.2, 0) is 24.4 Å². The van der Waals surface area contributed by atoms with E-state index in [1.54, 1.807) is 0 Å². The average Bonchev–Trinajstić information content (AvgIpc) is 2.45. The van der Waals surface area contributed by atoms with Gasteiger partial charge in [0.15, 0.2) is 10.7 Å². The van der Waals surface area contributed by atoms with Crippen molar-refractivity contribution in [1.82, 2.24) is 10.6 Å². The van der Waals surface area contributed by atoms with Gasteiger partial charge in [0.25, 0.3) is 0 Å². The molecule has 25 heavy (non-hydrogen) atoms. The Labute approximate surface area is 146 Å². The second kappa shape index (κ2) is 8.39. The zero-order valence-electron chi connectivity index (χ0n) is 14.0. The number of carbonyl (C=O) groups is 4. The van der Waals surface area contributed by atoms with Crippen LogP contribution in [0.1, 0.15) is 51.9 Å². The largest absolute Gasteiger partial charge is 0.368 e. The molecule has 142 valence electrons. The fraction of sp³-hybridized carbons (Fsp3) is 0.714. The molecule has 0 saturated carbocycles. The van der Waals surface area contributed by atoms with Gasteiger partial charge in [0.2, 0.25) is 27.7 Å². The molecule has 0 spiro atoms. The Kier molecular flexibility index (Phi) is 7.06. The molecule has 1 heterocycles. The molecule has 1 aliphatic heterocycles. The summed E-state index contributed by atoms with van der Waals surface area (Å²) < 4.78 is 23.7. The van der Waals surface area contributed by atoms with Crippen molar-refractivity contribution in [2.75, 3.05) is 0 Å². The highest BCUT2D eigenvalue weighted by Gasteiger charge is 2.61. The van der Waals surface area contributed by atoms with E-state index in [-0.39, 0.29) is 12.8 Å². The first kappa shape index (κ1) is 21.0. The number of unbranched alkanes of at least 4 members (excludes halogenated alkanes) is 5. The van der Waals surface area contributed by atoms with Crippen LogP contribution in [0, 0.1) is 5.41 Å². The van der Waals surface area contributed by atoms with Gasteiger partial charge in [-0.3, -0.25) is 25.0 Å². The van der Waals surface area contributed by atoms with Crippen LogP contribution in [0.5, 0.6) is 0 Å². The fourth-order valence-corrected chi connectivity index (χ4v) is 4.25. The molecule has 1 atom stereocenters. The molecule has 5 amide bonds. The monoisotopic (exact) mass is 376 g/mol. The predicted molar refractivity (Wildman–Crippen MR) is 88.2 cm³/mol. The van der Waals surface area contributed by atoms with Crippen molar-refractivity contribution in [3.8, 4) is 0 Å². The van der Waals surface area contributed by atoms with Gasteiger partial charge in [0.1, 0.15) is 0 Å². The van der Waals surface area contributed by atoms with Crippen LogP contribution in [0.15, 0.2) is 0 Å². The number of nitrogens with one attached hydrogen (secondary N) is 2. The SMILES string of the molecule is CCCCCCCCC1(C(C(N)=O)S(N)(=O)=O)C(=O)NC(=O)NC1=O. The zero-order valence-corrected chi connectivity index (χ0v) is 14.9. The minimum absolute atomic E-state index is 0.270. The normalized spacial score (nSPS) is 18.4. The van der Waals surface area contributed by atoms with Crippen molar-refractivity contribution in [1.29, 1.82) is 0 Å². The third-order valence-corrected chi connectivity index (χ3v) is 5.52. The van der Waals surface area contributed by atoms with E-state index in [0.717, 1.165) is 25.7 Å². The predicted octanol–water partition coefficient (Wildman–Crippen LogP) is -0.768. The fourth-order valence-electron chi connectivity index (χ4n) is 3.03. The summed E-state index contributed by atoms with van der Waals surface area (Å²) in [5, 5.41) is 6.46. The second-order valence-electron chi connectivity index (χ2n) is 6.10. The Morgan fingerprint density at radius 3 is 1.96 bits per heavy atom. The summed E-state index contributed by atoms with van der Waals surface area (Å²) in [6.07, 6.45) is 4.48. The van der Waals surface area contributed by atoms with E-state index in [4.69, 9.17) is 10.9 Å². The Hall–Kier alpha value is -2.01. The molecule has 1 saturated heterocycles. The molecule has 0 aromatic carbocycles. The van der Waals surface area contributed by atoms with E-state index in [1.807, 2.05) is 17.6 Å². The Bertz CT molecular complexity index is 640. The van der Waals surface area contributed by atoms with Gasteiger partial charge in [-0.15, -0.1) is 0 Å². The Balaban J connectivity index is 3.14. The van der Waals surface area contributed by atoms with Gasteiger partial charge in [-0.05, 0) is 6.42 Å². The summed E-state index contributed by atoms with van der Waals surface area (Å²) >= 11 is 0. The van der Waals surface area contributed by atoms with Crippen molar-refractivity contribution in [3.05, 3.63) is 0 Å². The third-order valence-electron chi connectivity index (χ3n) is 4.22. The number of sulfonamides is 1. The van der Waals surface area contributed by atoms with E-state index in [0.29, 0.717) is 6.42 Å². The molecule has 0 aliphatic carbocycles. The van der Waals surface area contributed by atoms with Crippen molar-refractivity contribution < 1.29 is 27.6 Å². The van der Waals surface area contributed by atoms with E-state index in [1.165, 1.54) is 0 Å². The van der Waals surface area contributed by atoms with Crippen molar-refractivity contribution in [2.24, 2.45) is 16.3 Å². The van der Waals surface area contributed by atoms with Crippen LogP contribution < -0.4 is 21.5 Å². The molecule has 1 fully saturated rings. The molecule has 0 aromatic heterocycles. The molecule has 0 radical (unpaired) electrons. The third kappa shape index (κ3) is 4.75. The van der Waals surface area contributed by atoms with Crippen LogP contribution in [0.4, 0.5) is 4.79 Å². The molecule has 0 aromatic rings. The summed E-state index contributed by atoms with van der Waals surface area (Å²) in [4.78, 5) is 47.8. The van der Waals surface area contributed by atoms with Crippen LogP contribution in [-0.4, -0.2) is 37.4 Å². The molecule has 1 rings (SSSR count). The Morgan fingerprint density at radius 1 is 1.04 bits per heavy atom. The summed E-state index contributed by atoms with van der Waals surface area (Å²) in [7, 11) is -4.66. The molecule has 6 N–H and O–H groups in total. The number of barbiturate groups is 1. The molecule has 1 aliphatic rings. The van der Waals surface area contributed by atoms with Gasteiger partial charge < -0.3 is 5.73 Å². The number of hydrogen-bond donors (Lipinski definition) is 4. The van der Waals surface area contributed by atoms with Crippen LogP contribution in [0.25, 0.3) is 0 Å². The molecule has 10 nitrogen and oxygen atoms in total. The number of nitrogens with two attached hydrogens (primary N) is 2. The lowest BCUT2D eigenvalue weighted by molar-refractivity contribution is -0.148. The number of primary amides is 1. The number of primary sulfonamides is 1.